The molecule has 0 spiro atoms. The Bertz CT molecular complexity index is 1470. The predicted molar refractivity (Wildman–Crippen MR) is 131 cm³/mol. The number of para-hydroxylation sites is 1. The van der Waals surface area contributed by atoms with E-state index in [-0.39, 0.29) is 22.1 Å². The lowest BCUT2D eigenvalue weighted by Crippen LogP contribution is -2.18. The fourth-order valence-corrected chi connectivity index (χ4v) is 5.12. The lowest BCUT2D eigenvalue weighted by molar-refractivity contribution is -0.114. The second-order valence-corrected chi connectivity index (χ2v) is 10.1. The molecule has 168 valence electrons. The number of carbonyl (C=O) groups is 2. The van der Waals surface area contributed by atoms with Gasteiger partial charge >= 0.3 is 0 Å². The average Bonchev–Trinajstić information content (AvgIpc) is 3.15. The number of hydrogen-bond acceptors (Lipinski definition) is 6. The summed E-state index contributed by atoms with van der Waals surface area (Å²) < 4.78 is 28.7. The highest BCUT2D eigenvalue weighted by Crippen LogP contribution is 2.29. The number of fused-ring (bicyclic) bond motifs is 1. The summed E-state index contributed by atoms with van der Waals surface area (Å²) in [5.41, 5.74) is 1.53. The van der Waals surface area contributed by atoms with E-state index in [1.807, 2.05) is 0 Å². The number of amides is 2. The van der Waals surface area contributed by atoms with Crippen LogP contribution in [-0.2, 0) is 14.8 Å². The van der Waals surface area contributed by atoms with Crippen LogP contribution >= 0.6 is 22.9 Å². The Hall–Kier alpha value is -3.47. The minimum absolute atomic E-state index is 0.0169. The SMILES string of the molecule is CC(=O)Nc1ccc2nc(NC(=O)c3ccccc3NS(=O)(=O)c3ccc(Cl)cc3)sc2c1. The fourth-order valence-electron chi connectivity index (χ4n) is 3.01. The van der Waals surface area contributed by atoms with E-state index >= 15 is 0 Å². The minimum Gasteiger partial charge on any atom is -0.326 e. The second kappa shape index (κ2) is 9.18. The molecule has 3 N–H and O–H groups in total. The Balaban J connectivity index is 1.57. The van der Waals surface area contributed by atoms with Crippen molar-refractivity contribution in [2.45, 2.75) is 11.8 Å². The van der Waals surface area contributed by atoms with Gasteiger partial charge in [0.15, 0.2) is 5.13 Å². The van der Waals surface area contributed by atoms with Gasteiger partial charge in [0.1, 0.15) is 0 Å². The quantitative estimate of drug-likeness (QED) is 0.346. The van der Waals surface area contributed by atoms with Crippen LogP contribution in [0.25, 0.3) is 10.2 Å². The standard InChI is InChI=1S/C22H17ClN4O4S2/c1-13(28)24-15-8-11-19-20(12-15)32-22(25-19)26-21(29)17-4-2-3-5-18(17)27-33(30,31)16-9-6-14(23)7-10-16/h2-12,27H,1H3,(H,24,28)(H,25,26,29). The molecule has 0 fully saturated rings. The summed E-state index contributed by atoms with van der Waals surface area (Å²) in [5, 5.41) is 6.16. The molecule has 3 aromatic carbocycles. The highest BCUT2D eigenvalue weighted by Gasteiger charge is 2.19. The first kappa shape index (κ1) is 22.7. The van der Waals surface area contributed by atoms with Gasteiger partial charge < -0.3 is 5.32 Å². The number of nitrogens with zero attached hydrogens (tertiary/aromatic N) is 1. The molecule has 0 aliphatic carbocycles. The summed E-state index contributed by atoms with van der Waals surface area (Å²) >= 11 is 7.07. The van der Waals surface area contributed by atoms with Gasteiger partial charge in [-0.2, -0.15) is 0 Å². The van der Waals surface area contributed by atoms with Crippen LogP contribution in [0.5, 0.6) is 0 Å². The number of thiazole rings is 1. The van der Waals surface area contributed by atoms with E-state index in [0.29, 0.717) is 21.4 Å². The molecule has 4 rings (SSSR count). The smallest absolute Gasteiger partial charge is 0.261 e. The van der Waals surface area contributed by atoms with Crippen LogP contribution in [0.2, 0.25) is 5.02 Å². The molecular weight excluding hydrogens is 484 g/mol. The highest BCUT2D eigenvalue weighted by molar-refractivity contribution is 7.92. The fraction of sp³-hybridized carbons (Fsp3) is 0.0455. The molecule has 0 aliphatic heterocycles. The van der Waals surface area contributed by atoms with Crippen LogP contribution in [-0.4, -0.2) is 25.2 Å². The van der Waals surface area contributed by atoms with E-state index in [9.17, 15) is 18.0 Å². The molecule has 1 aromatic heterocycles. The third-order valence-electron chi connectivity index (χ3n) is 4.47. The molecule has 11 heteroatoms. The van der Waals surface area contributed by atoms with Crippen LogP contribution < -0.4 is 15.4 Å². The molecule has 0 bridgehead atoms. The van der Waals surface area contributed by atoms with Crippen LogP contribution in [0, 0.1) is 0 Å². The highest BCUT2D eigenvalue weighted by atomic mass is 35.5. The van der Waals surface area contributed by atoms with Crippen molar-refractivity contribution >= 4 is 71.5 Å². The van der Waals surface area contributed by atoms with Crippen molar-refractivity contribution in [3.8, 4) is 0 Å². The molecule has 0 saturated carbocycles. The summed E-state index contributed by atoms with van der Waals surface area (Å²) in [6, 6.07) is 17.2. The zero-order chi connectivity index (χ0) is 23.6. The minimum atomic E-state index is -3.93. The van der Waals surface area contributed by atoms with E-state index < -0.39 is 15.9 Å². The third kappa shape index (κ3) is 5.30. The first-order valence-corrected chi connectivity index (χ1v) is 12.3. The van der Waals surface area contributed by atoms with Gasteiger partial charge in [0.05, 0.1) is 26.4 Å². The van der Waals surface area contributed by atoms with Crippen molar-refractivity contribution in [2.24, 2.45) is 0 Å². The largest absolute Gasteiger partial charge is 0.326 e. The molecule has 8 nitrogen and oxygen atoms in total. The number of aromatic nitrogens is 1. The van der Waals surface area contributed by atoms with Crippen molar-refractivity contribution in [1.29, 1.82) is 0 Å². The zero-order valence-electron chi connectivity index (χ0n) is 17.1. The van der Waals surface area contributed by atoms with Gasteiger partial charge in [-0.25, -0.2) is 13.4 Å². The van der Waals surface area contributed by atoms with Gasteiger partial charge in [-0.15, -0.1) is 0 Å². The number of carbonyl (C=O) groups excluding carboxylic acids is 2. The van der Waals surface area contributed by atoms with Crippen LogP contribution in [0.15, 0.2) is 71.6 Å². The first-order chi connectivity index (χ1) is 15.7. The Morgan fingerprint density at radius 1 is 0.970 bits per heavy atom. The number of sulfonamides is 1. The Labute approximate surface area is 198 Å². The van der Waals surface area contributed by atoms with Crippen molar-refractivity contribution in [3.63, 3.8) is 0 Å². The summed E-state index contributed by atoms with van der Waals surface area (Å²) in [4.78, 5) is 28.6. The van der Waals surface area contributed by atoms with Crippen molar-refractivity contribution in [3.05, 3.63) is 77.3 Å². The summed E-state index contributed by atoms with van der Waals surface area (Å²) in [6.45, 7) is 1.42. The van der Waals surface area contributed by atoms with Gasteiger partial charge in [-0.05, 0) is 54.6 Å². The van der Waals surface area contributed by atoms with Gasteiger partial charge in [-0.3, -0.25) is 19.6 Å². The van der Waals surface area contributed by atoms with E-state index in [1.54, 1.807) is 30.3 Å². The summed E-state index contributed by atoms with van der Waals surface area (Å²) in [5.74, 6) is -0.712. The summed E-state index contributed by atoms with van der Waals surface area (Å²) in [6.07, 6.45) is 0. The van der Waals surface area contributed by atoms with Crippen LogP contribution in [0.3, 0.4) is 0 Å². The molecule has 0 saturated heterocycles. The zero-order valence-corrected chi connectivity index (χ0v) is 19.5. The average molecular weight is 501 g/mol. The normalized spacial score (nSPS) is 11.2. The van der Waals surface area contributed by atoms with Gasteiger partial charge in [-0.1, -0.05) is 35.1 Å². The lowest BCUT2D eigenvalue weighted by Gasteiger charge is -2.12. The van der Waals surface area contributed by atoms with Crippen LogP contribution in [0.1, 0.15) is 17.3 Å². The molecule has 2 amide bonds. The maximum absolute atomic E-state index is 12.9. The molecule has 4 aromatic rings. The first-order valence-electron chi connectivity index (χ1n) is 9.58. The Morgan fingerprint density at radius 3 is 2.42 bits per heavy atom. The lowest BCUT2D eigenvalue weighted by atomic mass is 10.2. The Morgan fingerprint density at radius 2 is 1.70 bits per heavy atom. The van der Waals surface area contributed by atoms with Crippen molar-refractivity contribution < 1.29 is 18.0 Å². The molecule has 1 heterocycles. The van der Waals surface area contributed by atoms with E-state index in [4.69, 9.17) is 11.6 Å². The second-order valence-electron chi connectivity index (χ2n) is 6.94. The number of nitrogens with one attached hydrogen (secondary N) is 3. The maximum atomic E-state index is 12.9. The van der Waals surface area contributed by atoms with Gasteiger partial charge in [0.25, 0.3) is 15.9 Å². The molecule has 0 aliphatic rings. The number of hydrogen-bond donors (Lipinski definition) is 3. The monoisotopic (exact) mass is 500 g/mol. The molecular formula is C22H17ClN4O4S2. The molecule has 0 atom stereocenters. The van der Waals surface area contributed by atoms with E-state index in [2.05, 4.69) is 20.3 Å². The maximum Gasteiger partial charge on any atom is 0.261 e. The molecule has 0 radical (unpaired) electrons. The predicted octanol–water partition coefficient (Wildman–Crippen LogP) is 4.96. The number of halogens is 1. The summed E-state index contributed by atoms with van der Waals surface area (Å²) in [7, 11) is -3.93. The molecule has 0 unspecified atom stereocenters. The van der Waals surface area contributed by atoms with Gasteiger partial charge in [0, 0.05) is 17.6 Å². The number of benzene rings is 3. The van der Waals surface area contributed by atoms with E-state index in [1.165, 1.54) is 54.7 Å². The van der Waals surface area contributed by atoms with Crippen molar-refractivity contribution in [1.82, 2.24) is 4.98 Å². The Kier molecular flexibility index (Phi) is 6.32. The topological polar surface area (TPSA) is 117 Å². The number of anilines is 3. The number of rotatable bonds is 6. The third-order valence-corrected chi connectivity index (χ3v) is 7.04. The van der Waals surface area contributed by atoms with Crippen LogP contribution in [0.4, 0.5) is 16.5 Å². The van der Waals surface area contributed by atoms with E-state index in [0.717, 1.165) is 4.70 Å². The van der Waals surface area contributed by atoms with Crippen molar-refractivity contribution in [2.75, 3.05) is 15.4 Å². The van der Waals surface area contributed by atoms with Gasteiger partial charge in [0.2, 0.25) is 5.91 Å². The molecule has 33 heavy (non-hydrogen) atoms.